The van der Waals surface area contributed by atoms with Gasteiger partial charge in [-0.2, -0.15) is 0 Å². The number of para-hydroxylation sites is 1. The van der Waals surface area contributed by atoms with Crippen LogP contribution in [0.25, 0.3) is 21.8 Å². The van der Waals surface area contributed by atoms with Crippen molar-refractivity contribution in [2.45, 2.75) is 26.2 Å². The second-order valence-corrected chi connectivity index (χ2v) is 5.40. The van der Waals surface area contributed by atoms with E-state index < -0.39 is 0 Å². The minimum absolute atomic E-state index is 0.730. The predicted molar refractivity (Wildman–Crippen MR) is 90.8 cm³/mol. The third-order valence-corrected chi connectivity index (χ3v) is 3.83. The van der Waals surface area contributed by atoms with Crippen molar-refractivity contribution in [3.05, 3.63) is 42.5 Å². The highest BCUT2D eigenvalue weighted by molar-refractivity contribution is 6.01. The molecule has 0 aliphatic heterocycles. The molecule has 0 atom stereocenters. The third-order valence-electron chi connectivity index (χ3n) is 3.83. The van der Waals surface area contributed by atoms with Gasteiger partial charge in [0.1, 0.15) is 11.5 Å². The molecule has 3 rings (SSSR count). The van der Waals surface area contributed by atoms with Crippen molar-refractivity contribution >= 4 is 21.8 Å². The van der Waals surface area contributed by atoms with Gasteiger partial charge >= 0.3 is 0 Å². The Kier molecular flexibility index (Phi) is 4.42. The molecular formula is C19H21NO2. The first-order valence-corrected chi connectivity index (χ1v) is 7.82. The first kappa shape index (κ1) is 14.6. The molecule has 3 aromatic rings. The number of benzene rings is 2. The van der Waals surface area contributed by atoms with Crippen molar-refractivity contribution in [3.63, 3.8) is 0 Å². The summed E-state index contributed by atoms with van der Waals surface area (Å²) in [5.41, 5.74) is 1.90. The minimum Gasteiger partial charge on any atom is -0.497 e. The summed E-state index contributed by atoms with van der Waals surface area (Å²) >= 11 is 0. The van der Waals surface area contributed by atoms with Crippen LogP contribution in [-0.2, 0) is 0 Å². The van der Waals surface area contributed by atoms with Gasteiger partial charge in [-0.3, -0.25) is 0 Å². The van der Waals surface area contributed by atoms with E-state index in [-0.39, 0.29) is 0 Å². The average molecular weight is 295 g/mol. The zero-order valence-electron chi connectivity index (χ0n) is 13.1. The maximum Gasteiger partial charge on any atom is 0.138 e. The van der Waals surface area contributed by atoms with Gasteiger partial charge in [0.05, 0.1) is 24.8 Å². The summed E-state index contributed by atoms with van der Waals surface area (Å²) in [6.07, 6.45) is 3.44. The van der Waals surface area contributed by atoms with Crippen LogP contribution in [0, 0.1) is 0 Å². The summed E-state index contributed by atoms with van der Waals surface area (Å²) in [4.78, 5) is 4.72. The molecule has 22 heavy (non-hydrogen) atoms. The smallest absolute Gasteiger partial charge is 0.138 e. The fourth-order valence-electron chi connectivity index (χ4n) is 2.64. The number of ether oxygens (including phenoxy) is 2. The molecular weight excluding hydrogens is 274 g/mol. The van der Waals surface area contributed by atoms with Crippen LogP contribution in [0.15, 0.2) is 42.5 Å². The monoisotopic (exact) mass is 295 g/mol. The highest BCUT2D eigenvalue weighted by Gasteiger charge is 2.11. The first-order chi connectivity index (χ1) is 10.8. The fraction of sp³-hybridized carbons (Fsp3) is 0.316. The number of hydrogen-bond acceptors (Lipinski definition) is 3. The number of hydrogen-bond donors (Lipinski definition) is 0. The van der Waals surface area contributed by atoms with E-state index in [0.717, 1.165) is 46.3 Å². The van der Waals surface area contributed by atoms with E-state index in [0.29, 0.717) is 0 Å². The second-order valence-electron chi connectivity index (χ2n) is 5.40. The second kappa shape index (κ2) is 6.65. The molecule has 3 nitrogen and oxygen atoms in total. The van der Waals surface area contributed by atoms with Gasteiger partial charge < -0.3 is 9.47 Å². The quantitative estimate of drug-likeness (QED) is 0.475. The standard InChI is InChI=1S/C19H21NO2/c1-3-4-7-12-22-19-15-8-5-6-9-17(15)20-18-11-10-14(21-2)13-16(18)19/h5-6,8-11,13H,3-4,7,12H2,1-2H3. The number of pyridine rings is 1. The predicted octanol–water partition coefficient (Wildman–Crippen LogP) is 4.97. The minimum atomic E-state index is 0.730. The van der Waals surface area contributed by atoms with Gasteiger partial charge in [-0.05, 0) is 36.8 Å². The first-order valence-electron chi connectivity index (χ1n) is 7.82. The number of fused-ring (bicyclic) bond motifs is 2. The summed E-state index contributed by atoms with van der Waals surface area (Å²) in [7, 11) is 1.68. The van der Waals surface area contributed by atoms with Crippen LogP contribution < -0.4 is 9.47 Å². The van der Waals surface area contributed by atoms with Gasteiger partial charge in [0, 0.05) is 10.8 Å². The number of methoxy groups -OCH3 is 1. The Morgan fingerprint density at radius 3 is 2.59 bits per heavy atom. The van der Waals surface area contributed by atoms with Gasteiger partial charge in [-0.15, -0.1) is 0 Å². The van der Waals surface area contributed by atoms with Crippen LogP contribution in [0.4, 0.5) is 0 Å². The molecule has 0 unspecified atom stereocenters. The zero-order chi connectivity index (χ0) is 15.4. The van der Waals surface area contributed by atoms with E-state index in [1.807, 2.05) is 36.4 Å². The molecule has 1 heterocycles. The highest BCUT2D eigenvalue weighted by Crippen LogP contribution is 2.35. The van der Waals surface area contributed by atoms with E-state index in [4.69, 9.17) is 14.5 Å². The Bertz CT molecular complexity index is 783. The zero-order valence-corrected chi connectivity index (χ0v) is 13.1. The summed E-state index contributed by atoms with van der Waals surface area (Å²) in [6.45, 7) is 2.93. The Labute approximate surface area is 130 Å². The molecule has 2 aromatic carbocycles. The topological polar surface area (TPSA) is 31.4 Å². The van der Waals surface area contributed by atoms with Crippen LogP contribution in [0.5, 0.6) is 11.5 Å². The molecule has 0 aliphatic rings. The van der Waals surface area contributed by atoms with Crippen LogP contribution >= 0.6 is 0 Å². The molecule has 1 aromatic heterocycles. The maximum absolute atomic E-state index is 6.14. The summed E-state index contributed by atoms with van der Waals surface area (Å²) in [6, 6.07) is 14.0. The van der Waals surface area contributed by atoms with Gasteiger partial charge in [0.2, 0.25) is 0 Å². The summed E-state index contributed by atoms with van der Waals surface area (Å²) < 4.78 is 11.5. The third kappa shape index (κ3) is 2.84. The number of nitrogens with zero attached hydrogens (tertiary/aromatic N) is 1. The molecule has 0 spiro atoms. The van der Waals surface area contributed by atoms with Crippen LogP contribution in [-0.4, -0.2) is 18.7 Å². The van der Waals surface area contributed by atoms with E-state index in [1.165, 1.54) is 12.8 Å². The Morgan fingerprint density at radius 2 is 1.77 bits per heavy atom. The van der Waals surface area contributed by atoms with Crippen molar-refractivity contribution in [1.82, 2.24) is 4.98 Å². The number of aromatic nitrogens is 1. The van der Waals surface area contributed by atoms with Crippen molar-refractivity contribution in [2.75, 3.05) is 13.7 Å². The van der Waals surface area contributed by atoms with E-state index in [1.54, 1.807) is 7.11 Å². The lowest BCUT2D eigenvalue weighted by molar-refractivity contribution is 0.313. The molecule has 0 saturated carbocycles. The summed E-state index contributed by atoms with van der Waals surface area (Å²) in [5, 5.41) is 2.06. The van der Waals surface area contributed by atoms with E-state index in [2.05, 4.69) is 13.0 Å². The van der Waals surface area contributed by atoms with E-state index in [9.17, 15) is 0 Å². The Morgan fingerprint density at radius 1 is 0.955 bits per heavy atom. The number of rotatable bonds is 6. The highest BCUT2D eigenvalue weighted by atomic mass is 16.5. The van der Waals surface area contributed by atoms with E-state index >= 15 is 0 Å². The van der Waals surface area contributed by atoms with Crippen molar-refractivity contribution < 1.29 is 9.47 Å². The van der Waals surface area contributed by atoms with Crippen molar-refractivity contribution in [2.24, 2.45) is 0 Å². The normalized spacial score (nSPS) is 11.0. The molecule has 0 saturated heterocycles. The lowest BCUT2D eigenvalue weighted by Crippen LogP contribution is -1.99. The van der Waals surface area contributed by atoms with Crippen LogP contribution in [0.1, 0.15) is 26.2 Å². The largest absolute Gasteiger partial charge is 0.497 e. The molecule has 0 N–H and O–H groups in total. The number of unbranched alkanes of at least 4 members (excludes halogenated alkanes) is 2. The summed E-state index contributed by atoms with van der Waals surface area (Å²) in [5.74, 6) is 1.73. The molecule has 114 valence electrons. The maximum atomic E-state index is 6.14. The molecule has 3 heteroatoms. The molecule has 0 radical (unpaired) electrons. The van der Waals surface area contributed by atoms with Gasteiger partial charge in [-0.1, -0.05) is 31.9 Å². The van der Waals surface area contributed by atoms with Crippen LogP contribution in [0.3, 0.4) is 0 Å². The lowest BCUT2D eigenvalue weighted by atomic mass is 10.1. The lowest BCUT2D eigenvalue weighted by Gasteiger charge is -2.13. The fourth-order valence-corrected chi connectivity index (χ4v) is 2.64. The SMILES string of the molecule is CCCCCOc1c2ccccc2nc2ccc(OC)cc12. The molecule has 0 bridgehead atoms. The van der Waals surface area contributed by atoms with Crippen molar-refractivity contribution in [1.29, 1.82) is 0 Å². The Hall–Kier alpha value is -2.29. The molecule has 0 aliphatic carbocycles. The van der Waals surface area contributed by atoms with Gasteiger partial charge in [-0.25, -0.2) is 4.98 Å². The molecule has 0 fully saturated rings. The van der Waals surface area contributed by atoms with Crippen LogP contribution in [0.2, 0.25) is 0 Å². The average Bonchev–Trinajstić information content (AvgIpc) is 2.57. The van der Waals surface area contributed by atoms with Gasteiger partial charge in [0.25, 0.3) is 0 Å². The Balaban J connectivity index is 2.12. The van der Waals surface area contributed by atoms with Crippen molar-refractivity contribution in [3.8, 4) is 11.5 Å². The molecule has 0 amide bonds. The van der Waals surface area contributed by atoms with Gasteiger partial charge in [0.15, 0.2) is 0 Å².